The molecule has 0 aromatic carbocycles. The molecule has 0 aliphatic rings. The maximum Gasteiger partial charge on any atom is 0.170 e. The molecule has 5 nitrogen and oxygen atoms in total. The van der Waals surface area contributed by atoms with Crippen LogP contribution < -0.4 is 4.90 Å². The quantitative estimate of drug-likeness (QED) is 0.682. The Morgan fingerprint density at radius 3 is 2.75 bits per heavy atom. The van der Waals surface area contributed by atoms with Crippen molar-refractivity contribution < 1.29 is 4.79 Å². The maximum atomic E-state index is 11.2. The predicted molar refractivity (Wildman–Crippen MR) is 78.1 cm³/mol. The molecular formula is C15H14N4O. The standard InChI is InChI=1S/C15H14N4O/c1-18(2)12-5-6-14-13(10-20)17-15(19(14)9-12)11-4-3-7-16-8-11/h3-10H,1-2H3. The number of rotatable bonds is 3. The van der Waals surface area contributed by atoms with Crippen LogP contribution in [0.15, 0.2) is 42.9 Å². The molecule has 0 amide bonds. The van der Waals surface area contributed by atoms with Crippen LogP contribution in [0, 0.1) is 0 Å². The first-order valence-electron chi connectivity index (χ1n) is 6.25. The van der Waals surface area contributed by atoms with Gasteiger partial charge in [-0.3, -0.25) is 14.2 Å². The summed E-state index contributed by atoms with van der Waals surface area (Å²) in [4.78, 5) is 21.7. The SMILES string of the molecule is CN(C)c1ccc2c(C=O)nc(-c3cccnc3)n2c1. The first kappa shape index (κ1) is 12.3. The summed E-state index contributed by atoms with van der Waals surface area (Å²) in [6.07, 6.45) is 6.21. The maximum absolute atomic E-state index is 11.2. The van der Waals surface area contributed by atoms with Gasteiger partial charge in [-0.1, -0.05) is 0 Å². The molecule has 20 heavy (non-hydrogen) atoms. The van der Waals surface area contributed by atoms with Crippen LogP contribution in [0.2, 0.25) is 0 Å². The molecule has 3 aromatic heterocycles. The third-order valence-electron chi connectivity index (χ3n) is 3.20. The van der Waals surface area contributed by atoms with Crippen molar-refractivity contribution in [2.24, 2.45) is 0 Å². The summed E-state index contributed by atoms with van der Waals surface area (Å²) in [5.41, 5.74) is 3.16. The number of nitrogens with zero attached hydrogens (tertiary/aromatic N) is 4. The molecule has 0 fully saturated rings. The second-order valence-electron chi connectivity index (χ2n) is 4.72. The zero-order valence-electron chi connectivity index (χ0n) is 11.3. The molecule has 0 bridgehead atoms. The van der Waals surface area contributed by atoms with E-state index in [-0.39, 0.29) is 0 Å². The van der Waals surface area contributed by atoms with Crippen molar-refractivity contribution in [3.63, 3.8) is 0 Å². The van der Waals surface area contributed by atoms with Crippen molar-refractivity contribution in [3.8, 4) is 11.4 Å². The highest BCUT2D eigenvalue weighted by Crippen LogP contribution is 2.24. The van der Waals surface area contributed by atoms with Gasteiger partial charge in [-0.05, 0) is 24.3 Å². The molecule has 0 atom stereocenters. The van der Waals surface area contributed by atoms with E-state index in [4.69, 9.17) is 0 Å². The Morgan fingerprint density at radius 2 is 2.10 bits per heavy atom. The summed E-state index contributed by atoms with van der Waals surface area (Å²) < 4.78 is 1.93. The van der Waals surface area contributed by atoms with Crippen LogP contribution in [-0.2, 0) is 0 Å². The van der Waals surface area contributed by atoms with E-state index in [1.807, 2.05) is 53.9 Å². The number of pyridine rings is 2. The van der Waals surface area contributed by atoms with E-state index in [1.165, 1.54) is 0 Å². The van der Waals surface area contributed by atoms with Gasteiger partial charge in [-0.15, -0.1) is 0 Å². The number of carbonyl (C=O) groups excluding carboxylic acids is 1. The molecule has 0 aliphatic carbocycles. The first-order valence-corrected chi connectivity index (χ1v) is 6.25. The molecule has 0 saturated carbocycles. The molecule has 3 aromatic rings. The van der Waals surface area contributed by atoms with E-state index < -0.39 is 0 Å². The number of anilines is 1. The summed E-state index contributed by atoms with van der Waals surface area (Å²) >= 11 is 0. The van der Waals surface area contributed by atoms with Gasteiger partial charge in [-0.2, -0.15) is 0 Å². The van der Waals surface area contributed by atoms with Crippen molar-refractivity contribution in [2.45, 2.75) is 0 Å². The van der Waals surface area contributed by atoms with Gasteiger partial charge in [-0.25, -0.2) is 4.98 Å². The highest BCUT2D eigenvalue weighted by Gasteiger charge is 2.13. The van der Waals surface area contributed by atoms with Crippen LogP contribution in [0.1, 0.15) is 10.5 Å². The van der Waals surface area contributed by atoms with E-state index in [0.29, 0.717) is 5.69 Å². The fourth-order valence-electron chi connectivity index (χ4n) is 2.15. The summed E-state index contributed by atoms with van der Waals surface area (Å²) in [6, 6.07) is 7.66. The van der Waals surface area contributed by atoms with Gasteiger partial charge in [0.15, 0.2) is 6.29 Å². The van der Waals surface area contributed by atoms with Crippen molar-refractivity contribution in [1.82, 2.24) is 14.4 Å². The van der Waals surface area contributed by atoms with Gasteiger partial charge in [0.05, 0.1) is 11.2 Å². The Hall–Kier alpha value is -2.69. The Kier molecular flexibility index (Phi) is 2.95. The van der Waals surface area contributed by atoms with E-state index in [2.05, 4.69) is 9.97 Å². The highest BCUT2D eigenvalue weighted by molar-refractivity contribution is 5.86. The molecule has 0 saturated heterocycles. The second-order valence-corrected chi connectivity index (χ2v) is 4.72. The van der Waals surface area contributed by atoms with Crippen LogP contribution in [0.25, 0.3) is 16.9 Å². The molecule has 0 unspecified atom stereocenters. The van der Waals surface area contributed by atoms with Gasteiger partial charge < -0.3 is 4.90 Å². The smallest absolute Gasteiger partial charge is 0.170 e. The third-order valence-corrected chi connectivity index (χ3v) is 3.20. The minimum atomic E-state index is 0.439. The third kappa shape index (κ3) is 1.93. The Morgan fingerprint density at radius 1 is 1.25 bits per heavy atom. The van der Waals surface area contributed by atoms with Crippen LogP contribution >= 0.6 is 0 Å². The Balaban J connectivity index is 2.31. The van der Waals surface area contributed by atoms with E-state index in [0.717, 1.165) is 28.9 Å². The summed E-state index contributed by atoms with van der Waals surface area (Å²) in [6.45, 7) is 0. The van der Waals surface area contributed by atoms with Gasteiger partial charge in [0.25, 0.3) is 0 Å². The monoisotopic (exact) mass is 266 g/mol. The van der Waals surface area contributed by atoms with E-state index in [1.54, 1.807) is 12.4 Å². The van der Waals surface area contributed by atoms with Gasteiger partial charge in [0.2, 0.25) is 0 Å². The lowest BCUT2D eigenvalue weighted by Gasteiger charge is -2.13. The van der Waals surface area contributed by atoms with Crippen molar-refractivity contribution in [1.29, 1.82) is 0 Å². The number of fused-ring (bicyclic) bond motifs is 1. The van der Waals surface area contributed by atoms with Crippen LogP contribution in [0.5, 0.6) is 0 Å². The summed E-state index contributed by atoms with van der Waals surface area (Å²) in [7, 11) is 3.95. The largest absolute Gasteiger partial charge is 0.376 e. The molecule has 0 radical (unpaired) electrons. The number of hydrogen-bond donors (Lipinski definition) is 0. The van der Waals surface area contributed by atoms with Gasteiger partial charge in [0, 0.05) is 38.2 Å². The van der Waals surface area contributed by atoms with Crippen LogP contribution in [0.3, 0.4) is 0 Å². The van der Waals surface area contributed by atoms with Crippen molar-refractivity contribution in [3.05, 3.63) is 48.5 Å². The molecule has 0 spiro atoms. The minimum absolute atomic E-state index is 0.439. The number of hydrogen-bond acceptors (Lipinski definition) is 4. The molecule has 100 valence electrons. The topological polar surface area (TPSA) is 50.5 Å². The number of aromatic nitrogens is 3. The normalized spacial score (nSPS) is 10.7. The van der Waals surface area contributed by atoms with Gasteiger partial charge in [0.1, 0.15) is 11.5 Å². The lowest BCUT2D eigenvalue weighted by atomic mass is 10.2. The molecule has 3 heterocycles. The van der Waals surface area contributed by atoms with Crippen LogP contribution in [-0.4, -0.2) is 34.8 Å². The number of imidazole rings is 1. The molecule has 3 rings (SSSR count). The van der Waals surface area contributed by atoms with E-state index in [9.17, 15) is 4.79 Å². The molecular weight excluding hydrogens is 252 g/mol. The molecule has 5 heteroatoms. The van der Waals surface area contributed by atoms with Crippen molar-refractivity contribution >= 4 is 17.5 Å². The molecule has 0 aliphatic heterocycles. The molecule has 0 N–H and O–H groups in total. The van der Waals surface area contributed by atoms with E-state index >= 15 is 0 Å². The lowest BCUT2D eigenvalue weighted by molar-refractivity contribution is 0.112. The highest BCUT2D eigenvalue weighted by atomic mass is 16.1. The number of carbonyl (C=O) groups is 1. The number of aldehydes is 1. The average molecular weight is 266 g/mol. The zero-order chi connectivity index (χ0) is 14.1. The Labute approximate surface area is 116 Å². The second kappa shape index (κ2) is 4.77. The first-order chi connectivity index (χ1) is 9.70. The minimum Gasteiger partial charge on any atom is -0.376 e. The fraction of sp³-hybridized carbons (Fsp3) is 0.133. The van der Waals surface area contributed by atoms with Crippen molar-refractivity contribution in [2.75, 3.05) is 19.0 Å². The zero-order valence-corrected chi connectivity index (χ0v) is 11.3. The average Bonchev–Trinajstić information content (AvgIpc) is 2.86. The van der Waals surface area contributed by atoms with Crippen LogP contribution in [0.4, 0.5) is 5.69 Å². The van der Waals surface area contributed by atoms with Gasteiger partial charge >= 0.3 is 0 Å². The Bertz CT molecular complexity index is 762. The summed E-state index contributed by atoms with van der Waals surface area (Å²) in [5.74, 6) is 0.721. The predicted octanol–water partition coefficient (Wildman–Crippen LogP) is 2.27. The fourth-order valence-corrected chi connectivity index (χ4v) is 2.15. The summed E-state index contributed by atoms with van der Waals surface area (Å²) in [5, 5.41) is 0. The lowest BCUT2D eigenvalue weighted by Crippen LogP contribution is -2.09.